The first-order valence-corrected chi connectivity index (χ1v) is 8.59. The summed E-state index contributed by atoms with van der Waals surface area (Å²) in [4.78, 5) is 0. The van der Waals surface area contributed by atoms with Crippen LogP contribution in [-0.4, -0.2) is 33.5 Å². The third-order valence-electron chi connectivity index (χ3n) is 2.66. The topological polar surface area (TPSA) is 63.2 Å². The SMILES string of the molecule is COc1cc(P(=O)(OC(C)C)OC(C)C)cc(OC)c1OC. The van der Waals surface area contributed by atoms with Gasteiger partial charge in [0.05, 0.1) is 38.8 Å². The lowest BCUT2D eigenvalue weighted by Crippen LogP contribution is -2.17. The lowest BCUT2D eigenvalue weighted by Gasteiger charge is -2.24. The van der Waals surface area contributed by atoms with Crippen LogP contribution in [0, 0.1) is 0 Å². The van der Waals surface area contributed by atoms with E-state index in [0.717, 1.165) is 0 Å². The Morgan fingerprint density at radius 2 is 1.23 bits per heavy atom. The van der Waals surface area contributed by atoms with E-state index in [4.69, 9.17) is 23.3 Å². The largest absolute Gasteiger partial charge is 0.493 e. The van der Waals surface area contributed by atoms with Crippen LogP contribution in [0.2, 0.25) is 0 Å². The molecule has 0 bridgehead atoms. The van der Waals surface area contributed by atoms with Gasteiger partial charge in [-0.05, 0) is 39.8 Å². The fourth-order valence-corrected chi connectivity index (χ4v) is 3.88. The van der Waals surface area contributed by atoms with Gasteiger partial charge in [0, 0.05) is 0 Å². The molecule has 0 saturated heterocycles. The van der Waals surface area contributed by atoms with Crippen molar-refractivity contribution in [2.24, 2.45) is 0 Å². The van der Waals surface area contributed by atoms with Gasteiger partial charge < -0.3 is 23.3 Å². The molecule has 0 spiro atoms. The van der Waals surface area contributed by atoms with Crippen LogP contribution in [0.15, 0.2) is 12.1 Å². The predicted molar refractivity (Wildman–Crippen MR) is 85.8 cm³/mol. The third kappa shape index (κ3) is 4.38. The average molecular weight is 332 g/mol. The minimum absolute atomic E-state index is 0.260. The molecule has 1 aromatic carbocycles. The molecular formula is C15H25O6P. The molecule has 0 aliphatic heterocycles. The molecule has 0 amide bonds. The van der Waals surface area contributed by atoms with Crippen LogP contribution < -0.4 is 19.5 Å². The number of methoxy groups -OCH3 is 3. The van der Waals surface area contributed by atoms with E-state index >= 15 is 0 Å². The van der Waals surface area contributed by atoms with Crippen LogP contribution in [-0.2, 0) is 13.6 Å². The first-order chi connectivity index (χ1) is 10.3. The molecule has 0 heterocycles. The molecule has 22 heavy (non-hydrogen) atoms. The second-order valence-corrected chi connectivity index (χ2v) is 7.12. The highest BCUT2D eigenvalue weighted by Gasteiger charge is 2.33. The standard InChI is InChI=1S/C15H25O6P/c1-10(2)20-22(16,21-11(3)4)12-8-13(17-5)15(19-7)14(9-12)18-6/h8-11H,1-7H3. The maximum absolute atomic E-state index is 13.2. The van der Waals surface area contributed by atoms with E-state index in [-0.39, 0.29) is 12.2 Å². The summed E-state index contributed by atoms with van der Waals surface area (Å²) in [7, 11) is 0.996. The molecule has 0 fully saturated rings. The van der Waals surface area contributed by atoms with Gasteiger partial charge in [-0.1, -0.05) is 0 Å². The van der Waals surface area contributed by atoms with Gasteiger partial charge in [0.15, 0.2) is 11.5 Å². The van der Waals surface area contributed by atoms with E-state index in [1.807, 2.05) is 0 Å². The third-order valence-corrected chi connectivity index (χ3v) is 4.95. The molecule has 126 valence electrons. The summed E-state index contributed by atoms with van der Waals surface area (Å²) >= 11 is 0. The summed E-state index contributed by atoms with van der Waals surface area (Å²) in [6.45, 7) is 7.20. The van der Waals surface area contributed by atoms with Crippen molar-refractivity contribution in [1.82, 2.24) is 0 Å². The van der Waals surface area contributed by atoms with Gasteiger partial charge in [0.2, 0.25) is 5.75 Å². The Balaban J connectivity index is 3.45. The zero-order valence-electron chi connectivity index (χ0n) is 14.2. The molecular weight excluding hydrogens is 307 g/mol. The Morgan fingerprint density at radius 3 is 1.50 bits per heavy atom. The fraction of sp³-hybridized carbons (Fsp3) is 0.600. The van der Waals surface area contributed by atoms with Gasteiger partial charge in [0.25, 0.3) is 0 Å². The van der Waals surface area contributed by atoms with Crippen LogP contribution in [0.25, 0.3) is 0 Å². The second kappa shape index (κ2) is 7.86. The minimum atomic E-state index is -3.51. The monoisotopic (exact) mass is 332 g/mol. The Bertz CT molecular complexity index is 502. The second-order valence-electron chi connectivity index (χ2n) is 5.19. The van der Waals surface area contributed by atoms with Crippen molar-refractivity contribution >= 4 is 12.9 Å². The fourth-order valence-electron chi connectivity index (χ4n) is 1.93. The Labute approximate surface area is 132 Å². The summed E-state index contributed by atoms with van der Waals surface area (Å²) in [6, 6.07) is 3.18. The molecule has 0 radical (unpaired) electrons. The van der Waals surface area contributed by atoms with Crippen molar-refractivity contribution in [2.75, 3.05) is 21.3 Å². The number of hydrogen-bond donors (Lipinski definition) is 0. The summed E-state index contributed by atoms with van der Waals surface area (Å²) in [5.41, 5.74) is 0. The number of rotatable bonds is 8. The van der Waals surface area contributed by atoms with E-state index in [2.05, 4.69) is 0 Å². The Hall–Kier alpha value is -1.23. The quantitative estimate of drug-likeness (QED) is 0.680. The molecule has 7 heteroatoms. The van der Waals surface area contributed by atoms with E-state index in [0.29, 0.717) is 22.6 Å². The van der Waals surface area contributed by atoms with Crippen molar-refractivity contribution in [2.45, 2.75) is 39.9 Å². The molecule has 1 rings (SSSR count). The van der Waals surface area contributed by atoms with Gasteiger partial charge in [-0.3, -0.25) is 4.57 Å². The van der Waals surface area contributed by atoms with E-state index in [1.54, 1.807) is 39.8 Å². The van der Waals surface area contributed by atoms with Crippen molar-refractivity contribution in [3.8, 4) is 17.2 Å². The summed E-state index contributed by atoms with van der Waals surface area (Å²) < 4.78 is 40.2. The van der Waals surface area contributed by atoms with Crippen molar-refractivity contribution in [1.29, 1.82) is 0 Å². The summed E-state index contributed by atoms with van der Waals surface area (Å²) in [5, 5.41) is 0.365. The smallest absolute Gasteiger partial charge is 0.362 e. The van der Waals surface area contributed by atoms with E-state index < -0.39 is 7.60 Å². The molecule has 0 unspecified atom stereocenters. The predicted octanol–water partition coefficient (Wildman–Crippen LogP) is 3.38. The van der Waals surface area contributed by atoms with Gasteiger partial charge >= 0.3 is 7.60 Å². The van der Waals surface area contributed by atoms with E-state index in [9.17, 15) is 4.57 Å². The van der Waals surface area contributed by atoms with Gasteiger partial charge in [-0.25, -0.2) is 0 Å². The van der Waals surface area contributed by atoms with Crippen LogP contribution in [0.3, 0.4) is 0 Å². The molecule has 0 aliphatic rings. The highest BCUT2D eigenvalue weighted by molar-refractivity contribution is 7.62. The molecule has 0 atom stereocenters. The van der Waals surface area contributed by atoms with E-state index in [1.165, 1.54) is 21.3 Å². The average Bonchev–Trinajstić information content (AvgIpc) is 2.43. The Morgan fingerprint density at radius 1 is 0.818 bits per heavy atom. The Kier molecular flexibility index (Phi) is 6.72. The van der Waals surface area contributed by atoms with Crippen LogP contribution in [0.1, 0.15) is 27.7 Å². The molecule has 1 aromatic rings. The van der Waals surface area contributed by atoms with Gasteiger partial charge in [0.1, 0.15) is 0 Å². The van der Waals surface area contributed by atoms with Crippen LogP contribution >= 0.6 is 7.60 Å². The lowest BCUT2D eigenvalue weighted by molar-refractivity contribution is 0.150. The first kappa shape index (κ1) is 18.8. The van der Waals surface area contributed by atoms with Gasteiger partial charge in [-0.2, -0.15) is 0 Å². The van der Waals surface area contributed by atoms with Crippen LogP contribution in [0.4, 0.5) is 0 Å². The maximum atomic E-state index is 13.2. The highest BCUT2D eigenvalue weighted by Crippen LogP contribution is 2.52. The molecule has 0 N–H and O–H groups in total. The summed E-state index contributed by atoms with van der Waals surface area (Å²) in [6.07, 6.45) is -0.521. The number of hydrogen-bond acceptors (Lipinski definition) is 6. The van der Waals surface area contributed by atoms with Crippen molar-refractivity contribution < 1.29 is 27.8 Å². The number of benzene rings is 1. The highest BCUT2D eigenvalue weighted by atomic mass is 31.2. The summed E-state index contributed by atoms with van der Waals surface area (Å²) in [5.74, 6) is 1.22. The van der Waals surface area contributed by atoms with Gasteiger partial charge in [-0.15, -0.1) is 0 Å². The normalized spacial score (nSPS) is 11.9. The minimum Gasteiger partial charge on any atom is -0.493 e. The van der Waals surface area contributed by atoms with Crippen LogP contribution in [0.5, 0.6) is 17.2 Å². The zero-order valence-corrected chi connectivity index (χ0v) is 15.1. The molecule has 0 saturated carbocycles. The molecule has 0 aromatic heterocycles. The molecule has 6 nitrogen and oxygen atoms in total. The van der Waals surface area contributed by atoms with Crippen molar-refractivity contribution in [3.05, 3.63) is 12.1 Å². The molecule has 0 aliphatic carbocycles. The van der Waals surface area contributed by atoms with Crippen molar-refractivity contribution in [3.63, 3.8) is 0 Å². The zero-order chi connectivity index (χ0) is 16.9. The maximum Gasteiger partial charge on any atom is 0.362 e. The number of ether oxygens (including phenoxy) is 3. The lowest BCUT2D eigenvalue weighted by atomic mass is 10.3. The first-order valence-electron chi connectivity index (χ1n) is 7.04.